The van der Waals surface area contributed by atoms with Crippen molar-refractivity contribution < 1.29 is 19.1 Å². The lowest BCUT2D eigenvalue weighted by atomic mass is 10.1. The molecule has 1 aliphatic rings. The Balaban J connectivity index is 1.44. The second-order valence-corrected chi connectivity index (χ2v) is 10.0. The molecule has 1 aromatic carbocycles. The molecule has 2 amide bonds. The smallest absolute Gasteiger partial charge is 0.410 e. The highest BCUT2D eigenvalue weighted by Gasteiger charge is 2.33. The molecule has 1 saturated heterocycles. The standard InChI is InChI=1S/C26H35N7O4/c1-7-18-16-32(9-10-33(18)25(35)37-26(3,4)5)23-14-27-22(13-28-23)29-24(34)19-11-17-15-31(6)30-20(17)12-21(19)36-8-2/h11-15,18H,7-10,16H2,1-6H3,(H,27,29,34)/t18-/m0/s1. The summed E-state index contributed by atoms with van der Waals surface area (Å²) in [7, 11) is 1.83. The second-order valence-electron chi connectivity index (χ2n) is 10.0. The van der Waals surface area contributed by atoms with Gasteiger partial charge in [-0.1, -0.05) is 6.92 Å². The van der Waals surface area contributed by atoms with Gasteiger partial charge in [-0.3, -0.25) is 9.48 Å². The number of rotatable bonds is 6. The van der Waals surface area contributed by atoms with Crippen LogP contribution in [0.25, 0.3) is 10.9 Å². The topological polar surface area (TPSA) is 115 Å². The number of aryl methyl sites for hydroxylation is 1. The lowest BCUT2D eigenvalue weighted by Crippen LogP contribution is -2.56. The van der Waals surface area contributed by atoms with Crippen LogP contribution in [0.1, 0.15) is 51.4 Å². The van der Waals surface area contributed by atoms with E-state index in [4.69, 9.17) is 9.47 Å². The largest absolute Gasteiger partial charge is 0.493 e. The van der Waals surface area contributed by atoms with Crippen LogP contribution in [0.5, 0.6) is 5.75 Å². The van der Waals surface area contributed by atoms with Crippen molar-refractivity contribution in [3.63, 3.8) is 0 Å². The number of fused-ring (bicyclic) bond motifs is 1. The van der Waals surface area contributed by atoms with E-state index >= 15 is 0 Å². The van der Waals surface area contributed by atoms with E-state index in [2.05, 4.69) is 32.2 Å². The molecule has 0 radical (unpaired) electrons. The van der Waals surface area contributed by atoms with E-state index in [1.807, 2.05) is 40.9 Å². The summed E-state index contributed by atoms with van der Waals surface area (Å²) in [5, 5.41) is 8.04. The van der Waals surface area contributed by atoms with E-state index in [0.717, 1.165) is 17.3 Å². The third-order valence-electron chi connectivity index (χ3n) is 6.05. The van der Waals surface area contributed by atoms with Gasteiger partial charge in [-0.2, -0.15) is 5.10 Å². The molecule has 0 spiro atoms. The van der Waals surface area contributed by atoms with E-state index in [1.165, 1.54) is 6.20 Å². The first-order valence-corrected chi connectivity index (χ1v) is 12.6. The van der Waals surface area contributed by atoms with Gasteiger partial charge in [0.1, 0.15) is 17.2 Å². The predicted molar refractivity (Wildman–Crippen MR) is 141 cm³/mol. The Labute approximate surface area is 216 Å². The van der Waals surface area contributed by atoms with Crippen LogP contribution in [0.3, 0.4) is 0 Å². The molecule has 3 aromatic rings. The number of benzene rings is 1. The van der Waals surface area contributed by atoms with E-state index in [-0.39, 0.29) is 18.0 Å². The van der Waals surface area contributed by atoms with Crippen molar-refractivity contribution in [1.82, 2.24) is 24.6 Å². The first kappa shape index (κ1) is 26.2. The average molecular weight is 510 g/mol. The number of carbonyl (C=O) groups excluding carboxylic acids is 2. The number of nitrogens with zero attached hydrogens (tertiary/aromatic N) is 6. The van der Waals surface area contributed by atoms with Crippen molar-refractivity contribution in [3.05, 3.63) is 36.3 Å². The van der Waals surface area contributed by atoms with Crippen LogP contribution >= 0.6 is 0 Å². The minimum absolute atomic E-state index is 0.00385. The zero-order valence-electron chi connectivity index (χ0n) is 22.3. The number of nitrogens with one attached hydrogen (secondary N) is 1. The van der Waals surface area contributed by atoms with Crippen LogP contribution < -0.4 is 15.0 Å². The molecule has 1 N–H and O–H groups in total. The normalized spacial score (nSPS) is 16.1. The van der Waals surface area contributed by atoms with Gasteiger partial charge in [-0.15, -0.1) is 0 Å². The van der Waals surface area contributed by atoms with E-state index in [9.17, 15) is 9.59 Å². The molecular formula is C26H35N7O4. The molecule has 0 aliphatic carbocycles. The molecule has 198 valence electrons. The number of amides is 2. The number of hydrogen-bond donors (Lipinski definition) is 1. The fraction of sp³-hybridized carbons (Fsp3) is 0.500. The van der Waals surface area contributed by atoms with Gasteiger partial charge >= 0.3 is 6.09 Å². The maximum Gasteiger partial charge on any atom is 0.410 e. The highest BCUT2D eigenvalue weighted by molar-refractivity contribution is 6.08. The lowest BCUT2D eigenvalue weighted by Gasteiger charge is -2.41. The SMILES string of the molecule is CCOc1cc2nn(C)cc2cc1C(=O)Nc1cnc(N2CCN(C(=O)OC(C)(C)C)[C@@H](CC)C2)cn1. The Kier molecular flexibility index (Phi) is 7.51. The van der Waals surface area contributed by atoms with Gasteiger partial charge in [0.25, 0.3) is 5.91 Å². The first-order chi connectivity index (χ1) is 17.6. The van der Waals surface area contributed by atoms with E-state index in [1.54, 1.807) is 27.9 Å². The quantitative estimate of drug-likeness (QED) is 0.533. The highest BCUT2D eigenvalue weighted by atomic mass is 16.6. The van der Waals surface area contributed by atoms with Gasteiger partial charge in [-0.05, 0) is 40.2 Å². The van der Waals surface area contributed by atoms with E-state index in [0.29, 0.717) is 49.2 Å². The van der Waals surface area contributed by atoms with Crippen LogP contribution in [-0.4, -0.2) is 74.5 Å². The third-order valence-corrected chi connectivity index (χ3v) is 6.05. The van der Waals surface area contributed by atoms with Crippen LogP contribution in [0, 0.1) is 0 Å². The first-order valence-electron chi connectivity index (χ1n) is 12.6. The van der Waals surface area contributed by atoms with Crippen molar-refractivity contribution in [2.75, 3.05) is 36.5 Å². The maximum atomic E-state index is 13.1. The van der Waals surface area contributed by atoms with Gasteiger partial charge in [0.05, 0.1) is 36.1 Å². The van der Waals surface area contributed by atoms with Crippen LogP contribution in [0.15, 0.2) is 30.7 Å². The summed E-state index contributed by atoms with van der Waals surface area (Å²) in [6.45, 7) is 11.7. The van der Waals surface area contributed by atoms with Crippen molar-refractivity contribution in [2.24, 2.45) is 7.05 Å². The summed E-state index contributed by atoms with van der Waals surface area (Å²) in [4.78, 5) is 38.5. The van der Waals surface area contributed by atoms with Gasteiger partial charge < -0.3 is 24.6 Å². The fourth-order valence-electron chi connectivity index (χ4n) is 4.33. The van der Waals surface area contributed by atoms with Crippen LogP contribution in [-0.2, 0) is 11.8 Å². The number of anilines is 2. The monoisotopic (exact) mass is 509 g/mol. The van der Waals surface area contributed by atoms with Crippen molar-refractivity contribution in [1.29, 1.82) is 0 Å². The van der Waals surface area contributed by atoms with Crippen molar-refractivity contribution in [2.45, 2.75) is 52.7 Å². The van der Waals surface area contributed by atoms with Crippen molar-refractivity contribution >= 4 is 34.5 Å². The number of carbonyl (C=O) groups is 2. The summed E-state index contributed by atoms with van der Waals surface area (Å²) in [6, 6.07) is 3.53. The third kappa shape index (κ3) is 6.10. The molecular weight excluding hydrogens is 474 g/mol. The fourth-order valence-corrected chi connectivity index (χ4v) is 4.33. The molecule has 0 unspecified atom stereocenters. The predicted octanol–water partition coefficient (Wildman–Crippen LogP) is 3.85. The number of piperazine rings is 1. The Morgan fingerprint density at radius 3 is 2.57 bits per heavy atom. The number of ether oxygens (including phenoxy) is 2. The Morgan fingerprint density at radius 1 is 1.14 bits per heavy atom. The van der Waals surface area contributed by atoms with Gasteiger partial charge in [0.15, 0.2) is 5.82 Å². The molecule has 1 fully saturated rings. The molecule has 4 rings (SSSR count). The van der Waals surface area contributed by atoms with Crippen LogP contribution in [0.2, 0.25) is 0 Å². The zero-order valence-corrected chi connectivity index (χ0v) is 22.3. The van der Waals surface area contributed by atoms with Crippen LogP contribution in [0.4, 0.5) is 16.4 Å². The molecule has 1 atom stereocenters. The Morgan fingerprint density at radius 2 is 1.92 bits per heavy atom. The average Bonchev–Trinajstić information content (AvgIpc) is 3.21. The number of hydrogen-bond acceptors (Lipinski definition) is 8. The molecule has 11 nitrogen and oxygen atoms in total. The second kappa shape index (κ2) is 10.6. The summed E-state index contributed by atoms with van der Waals surface area (Å²) in [5.41, 5.74) is 0.617. The molecule has 0 bridgehead atoms. The summed E-state index contributed by atoms with van der Waals surface area (Å²) in [5.74, 6) is 1.14. The summed E-state index contributed by atoms with van der Waals surface area (Å²) < 4.78 is 13.0. The lowest BCUT2D eigenvalue weighted by molar-refractivity contribution is 0.0136. The highest BCUT2D eigenvalue weighted by Crippen LogP contribution is 2.27. The van der Waals surface area contributed by atoms with Gasteiger partial charge in [0, 0.05) is 44.3 Å². The summed E-state index contributed by atoms with van der Waals surface area (Å²) >= 11 is 0. The molecule has 1 aliphatic heterocycles. The molecule has 37 heavy (non-hydrogen) atoms. The summed E-state index contributed by atoms with van der Waals surface area (Å²) in [6.07, 6.45) is 5.53. The van der Waals surface area contributed by atoms with Gasteiger partial charge in [0.2, 0.25) is 0 Å². The molecule has 3 heterocycles. The van der Waals surface area contributed by atoms with Gasteiger partial charge in [-0.25, -0.2) is 14.8 Å². The Hall–Kier alpha value is -3.89. The molecule has 2 aromatic heterocycles. The zero-order chi connectivity index (χ0) is 26.7. The molecule has 0 saturated carbocycles. The Bertz CT molecular complexity index is 1270. The maximum absolute atomic E-state index is 13.1. The minimum Gasteiger partial charge on any atom is -0.493 e. The number of aromatic nitrogens is 4. The van der Waals surface area contributed by atoms with E-state index < -0.39 is 5.60 Å². The minimum atomic E-state index is -0.536. The molecule has 11 heteroatoms. The van der Waals surface area contributed by atoms with Crippen molar-refractivity contribution in [3.8, 4) is 5.75 Å².